The van der Waals surface area contributed by atoms with Gasteiger partial charge in [0.05, 0.1) is 12.0 Å². The third kappa shape index (κ3) is 2.04. The predicted octanol–water partition coefficient (Wildman–Crippen LogP) is 0.476. The minimum Gasteiger partial charge on any atom is -0.394 e. The molecule has 0 amide bonds. The maximum Gasteiger partial charge on any atom is 0.167 e. The van der Waals surface area contributed by atoms with Crippen LogP contribution >= 0.6 is 11.6 Å². The minimum atomic E-state index is -1.70. The van der Waals surface area contributed by atoms with Gasteiger partial charge in [-0.3, -0.25) is 0 Å². The SMILES string of the molecule is [2H]CC[C@]1(O)C(n2ccc3c(Cl)ncnc32)O[C@H](CO)[C@H]1O. The molecule has 0 aliphatic carbocycles. The quantitative estimate of drug-likeness (QED) is 0.712. The van der Waals surface area contributed by atoms with Crippen LogP contribution in [-0.2, 0) is 4.74 Å². The fourth-order valence-corrected chi connectivity index (χ4v) is 2.87. The zero-order valence-electron chi connectivity index (χ0n) is 12.1. The zero-order valence-corrected chi connectivity index (χ0v) is 11.8. The predicted molar refractivity (Wildman–Crippen MR) is 74.8 cm³/mol. The standard InChI is InChI=1S/C13H16ClN3O4/c1-2-13(20)9(19)8(5-18)21-12(13)17-4-3-7-10(14)15-6-16-11(7)17/h3-4,6,8-9,12,18-20H,2,5H2,1H3/t8-,9-,12?,13-/m1/s1/i1D. The number of hydrogen-bond donors (Lipinski definition) is 3. The molecule has 4 atom stereocenters. The van der Waals surface area contributed by atoms with Crippen LogP contribution < -0.4 is 0 Å². The normalized spacial score (nSPS) is 33.5. The first-order chi connectivity index (χ1) is 10.5. The first-order valence-electron chi connectivity index (χ1n) is 7.16. The van der Waals surface area contributed by atoms with Crippen molar-refractivity contribution in [3.63, 3.8) is 0 Å². The van der Waals surface area contributed by atoms with Gasteiger partial charge in [-0.2, -0.15) is 0 Å². The second kappa shape index (κ2) is 5.19. The minimum absolute atomic E-state index is 0.00613. The van der Waals surface area contributed by atoms with Gasteiger partial charge in [-0.05, 0) is 12.5 Å². The number of fused-ring (bicyclic) bond motifs is 1. The van der Waals surface area contributed by atoms with Crippen molar-refractivity contribution in [3.8, 4) is 0 Å². The van der Waals surface area contributed by atoms with Gasteiger partial charge in [0.1, 0.15) is 34.9 Å². The maximum absolute atomic E-state index is 10.8. The van der Waals surface area contributed by atoms with Gasteiger partial charge in [-0.15, -0.1) is 0 Å². The van der Waals surface area contributed by atoms with E-state index in [2.05, 4.69) is 9.97 Å². The first kappa shape index (κ1) is 13.4. The maximum atomic E-state index is 10.8. The Kier molecular flexibility index (Phi) is 3.31. The van der Waals surface area contributed by atoms with Crippen molar-refractivity contribution in [3.05, 3.63) is 23.7 Å². The van der Waals surface area contributed by atoms with Crippen LogP contribution in [0.3, 0.4) is 0 Å². The van der Waals surface area contributed by atoms with E-state index in [1.807, 2.05) is 0 Å². The van der Waals surface area contributed by atoms with Crippen molar-refractivity contribution < 1.29 is 21.4 Å². The molecule has 2 aromatic heterocycles. The fraction of sp³-hybridized carbons (Fsp3) is 0.538. The van der Waals surface area contributed by atoms with Crippen LogP contribution in [0.5, 0.6) is 0 Å². The molecule has 3 N–H and O–H groups in total. The number of aromatic nitrogens is 3. The largest absolute Gasteiger partial charge is 0.394 e. The van der Waals surface area contributed by atoms with Gasteiger partial charge in [0.15, 0.2) is 6.23 Å². The number of hydrogen-bond acceptors (Lipinski definition) is 6. The van der Waals surface area contributed by atoms with E-state index in [0.29, 0.717) is 11.0 Å². The second-order valence-corrected chi connectivity index (χ2v) is 5.38. The Balaban J connectivity index is 2.09. The van der Waals surface area contributed by atoms with E-state index >= 15 is 0 Å². The van der Waals surface area contributed by atoms with Crippen molar-refractivity contribution >= 4 is 22.6 Å². The van der Waals surface area contributed by atoms with Gasteiger partial charge < -0.3 is 24.6 Å². The van der Waals surface area contributed by atoms with Gasteiger partial charge in [-0.1, -0.05) is 18.5 Å². The molecule has 21 heavy (non-hydrogen) atoms. The van der Waals surface area contributed by atoms with E-state index in [0.717, 1.165) is 0 Å². The number of aliphatic hydroxyl groups excluding tert-OH is 2. The first-order valence-corrected chi connectivity index (χ1v) is 6.83. The van der Waals surface area contributed by atoms with Gasteiger partial charge in [0.2, 0.25) is 0 Å². The summed E-state index contributed by atoms with van der Waals surface area (Å²) >= 11 is 6.01. The van der Waals surface area contributed by atoms with E-state index < -0.39 is 30.6 Å². The van der Waals surface area contributed by atoms with E-state index in [-0.39, 0.29) is 18.5 Å². The molecule has 7 nitrogen and oxygen atoms in total. The highest BCUT2D eigenvalue weighted by molar-refractivity contribution is 6.33. The van der Waals surface area contributed by atoms with Crippen LogP contribution in [0.1, 0.15) is 20.9 Å². The molecule has 114 valence electrons. The molecule has 1 fully saturated rings. The van der Waals surface area contributed by atoms with Crippen LogP contribution in [-0.4, -0.2) is 54.3 Å². The third-order valence-corrected chi connectivity index (χ3v) is 4.19. The van der Waals surface area contributed by atoms with Gasteiger partial charge in [0.25, 0.3) is 0 Å². The van der Waals surface area contributed by atoms with E-state index in [9.17, 15) is 15.3 Å². The summed E-state index contributed by atoms with van der Waals surface area (Å²) in [5.41, 5.74) is -1.25. The van der Waals surface area contributed by atoms with Crippen LogP contribution in [0.15, 0.2) is 18.6 Å². The molecule has 1 aliphatic heterocycles. The van der Waals surface area contributed by atoms with Gasteiger partial charge >= 0.3 is 0 Å². The number of nitrogens with zero attached hydrogens (tertiary/aromatic N) is 3. The van der Waals surface area contributed by atoms with Crippen LogP contribution in [0.25, 0.3) is 11.0 Å². The van der Waals surface area contributed by atoms with Gasteiger partial charge in [0, 0.05) is 7.57 Å². The molecule has 8 heteroatoms. The lowest BCUT2D eigenvalue weighted by molar-refractivity contribution is -0.109. The highest BCUT2D eigenvalue weighted by atomic mass is 35.5. The zero-order chi connectivity index (χ0) is 15.9. The molecule has 1 aliphatic rings. The molecule has 3 rings (SSSR count). The average Bonchev–Trinajstić information content (AvgIpc) is 3.02. The molecule has 3 heterocycles. The average molecular weight is 315 g/mol. The van der Waals surface area contributed by atoms with Crippen LogP contribution in [0, 0.1) is 0 Å². The Hall–Kier alpha value is -1.25. The Bertz CT molecular complexity index is 684. The molecule has 1 saturated heterocycles. The monoisotopic (exact) mass is 314 g/mol. The molecular weight excluding hydrogens is 298 g/mol. The van der Waals surface area contributed by atoms with E-state index in [1.165, 1.54) is 10.9 Å². The lowest BCUT2D eigenvalue weighted by atomic mass is 9.91. The van der Waals surface area contributed by atoms with Crippen molar-refractivity contribution in [2.75, 3.05) is 6.61 Å². The van der Waals surface area contributed by atoms with Crippen molar-refractivity contribution in [1.82, 2.24) is 14.5 Å². The van der Waals surface area contributed by atoms with E-state index in [1.54, 1.807) is 12.3 Å². The molecule has 0 saturated carbocycles. The molecule has 0 aromatic carbocycles. The number of ether oxygens (including phenoxy) is 1. The van der Waals surface area contributed by atoms with Crippen LogP contribution in [0.4, 0.5) is 0 Å². The molecule has 1 unspecified atom stereocenters. The highest BCUT2D eigenvalue weighted by Crippen LogP contribution is 2.42. The van der Waals surface area contributed by atoms with Crippen molar-refractivity contribution in [2.24, 2.45) is 0 Å². The lowest BCUT2D eigenvalue weighted by Gasteiger charge is -2.30. The van der Waals surface area contributed by atoms with Crippen LogP contribution in [0.2, 0.25) is 5.15 Å². The Morgan fingerprint density at radius 1 is 1.57 bits per heavy atom. The summed E-state index contributed by atoms with van der Waals surface area (Å²) in [6, 6.07) is 1.68. The summed E-state index contributed by atoms with van der Waals surface area (Å²) in [5, 5.41) is 31.2. The molecule has 2 aromatic rings. The molecular formula is C13H16ClN3O4. The summed E-state index contributed by atoms with van der Waals surface area (Å²) in [5.74, 6) is 0. The summed E-state index contributed by atoms with van der Waals surface area (Å²) < 4.78 is 14.5. The smallest absolute Gasteiger partial charge is 0.167 e. The Morgan fingerprint density at radius 3 is 3.10 bits per heavy atom. The summed E-state index contributed by atoms with van der Waals surface area (Å²) in [4.78, 5) is 8.02. The van der Waals surface area contributed by atoms with Crippen molar-refractivity contribution in [2.45, 2.75) is 37.4 Å². The number of aliphatic hydroxyl groups is 3. The lowest BCUT2D eigenvalue weighted by Crippen LogP contribution is -2.46. The fourth-order valence-electron chi connectivity index (χ4n) is 2.68. The topological polar surface area (TPSA) is 101 Å². The summed E-state index contributed by atoms with van der Waals surface area (Å²) in [6.45, 7) is -0.534. The van der Waals surface area contributed by atoms with E-state index in [4.69, 9.17) is 17.7 Å². The summed E-state index contributed by atoms with van der Waals surface area (Å²) in [7, 11) is 0. The second-order valence-electron chi connectivity index (χ2n) is 5.02. The Labute approximate surface area is 127 Å². The molecule has 0 bridgehead atoms. The molecule has 0 spiro atoms. The molecule has 0 radical (unpaired) electrons. The Morgan fingerprint density at radius 2 is 2.38 bits per heavy atom. The number of rotatable bonds is 3. The summed E-state index contributed by atoms with van der Waals surface area (Å²) in [6.07, 6.45) is -0.308. The highest BCUT2D eigenvalue weighted by Gasteiger charge is 2.55. The van der Waals surface area contributed by atoms with Gasteiger partial charge in [-0.25, -0.2) is 9.97 Å². The number of halogens is 1. The third-order valence-electron chi connectivity index (χ3n) is 3.89. The van der Waals surface area contributed by atoms with Crippen molar-refractivity contribution in [1.29, 1.82) is 0 Å².